The molecule has 0 saturated heterocycles. The fraction of sp³-hybridized carbons (Fsp3) is 0.500. The summed E-state index contributed by atoms with van der Waals surface area (Å²) in [5, 5.41) is 13.0. The Bertz CT molecular complexity index is 412. The van der Waals surface area contributed by atoms with Gasteiger partial charge in [-0.15, -0.1) is 0 Å². The van der Waals surface area contributed by atoms with Crippen molar-refractivity contribution in [3.05, 3.63) is 34.9 Å². The van der Waals surface area contributed by atoms with Gasteiger partial charge in [0.15, 0.2) is 0 Å². The summed E-state index contributed by atoms with van der Waals surface area (Å²) in [5.74, 6) is 0. The molecule has 0 saturated carbocycles. The topological polar surface area (TPSA) is 58.6 Å². The van der Waals surface area contributed by atoms with E-state index in [1.807, 2.05) is 12.1 Å². The van der Waals surface area contributed by atoms with Gasteiger partial charge in [0.2, 0.25) is 0 Å². The monoisotopic (exact) mass is 285 g/mol. The first-order valence-corrected chi connectivity index (χ1v) is 6.53. The van der Waals surface area contributed by atoms with E-state index in [2.05, 4.69) is 5.32 Å². The first-order valence-electron chi connectivity index (χ1n) is 6.15. The third-order valence-electron chi connectivity index (χ3n) is 2.27. The molecule has 106 valence electrons. The number of carbonyl (C=O) groups excluding carboxylic acids is 1. The van der Waals surface area contributed by atoms with Gasteiger partial charge < -0.3 is 15.2 Å². The molecule has 0 radical (unpaired) electrons. The molecule has 4 nitrogen and oxygen atoms in total. The van der Waals surface area contributed by atoms with Crippen LogP contribution >= 0.6 is 11.6 Å². The van der Waals surface area contributed by atoms with Crippen LogP contribution in [0.3, 0.4) is 0 Å². The lowest BCUT2D eigenvalue weighted by Gasteiger charge is -2.20. The number of carbonyl (C=O) groups is 1. The molecule has 0 spiro atoms. The molecule has 1 aromatic carbocycles. The molecule has 1 amide bonds. The van der Waals surface area contributed by atoms with Crippen molar-refractivity contribution in [1.82, 2.24) is 5.32 Å². The SMILES string of the molecule is CC(C)(C)OC(=O)NCC(O)Cc1ccc(Cl)cc1. The highest BCUT2D eigenvalue weighted by atomic mass is 35.5. The van der Waals surface area contributed by atoms with Crippen molar-refractivity contribution >= 4 is 17.7 Å². The fourth-order valence-electron chi connectivity index (χ4n) is 1.48. The zero-order valence-corrected chi connectivity index (χ0v) is 12.2. The van der Waals surface area contributed by atoms with Gasteiger partial charge in [-0.25, -0.2) is 4.79 Å². The molecule has 0 aliphatic carbocycles. The molecule has 5 heteroatoms. The summed E-state index contributed by atoms with van der Waals surface area (Å²) in [6.45, 7) is 5.52. The van der Waals surface area contributed by atoms with Crippen LogP contribution in [-0.2, 0) is 11.2 Å². The first kappa shape index (κ1) is 15.8. The lowest BCUT2D eigenvalue weighted by atomic mass is 10.1. The van der Waals surface area contributed by atoms with Crippen molar-refractivity contribution in [1.29, 1.82) is 0 Å². The number of ether oxygens (including phenoxy) is 1. The summed E-state index contributed by atoms with van der Waals surface area (Å²) in [5.41, 5.74) is 0.425. The number of hydrogen-bond acceptors (Lipinski definition) is 3. The normalized spacial score (nSPS) is 12.9. The van der Waals surface area contributed by atoms with Crippen molar-refractivity contribution in [2.24, 2.45) is 0 Å². The number of halogens is 1. The van der Waals surface area contributed by atoms with Crippen LogP contribution in [0.15, 0.2) is 24.3 Å². The second-order valence-corrected chi connectivity index (χ2v) is 5.80. The fourth-order valence-corrected chi connectivity index (χ4v) is 1.61. The lowest BCUT2D eigenvalue weighted by Crippen LogP contribution is -2.37. The second-order valence-electron chi connectivity index (χ2n) is 5.37. The molecule has 0 fully saturated rings. The average Bonchev–Trinajstić information content (AvgIpc) is 2.27. The van der Waals surface area contributed by atoms with Crippen LogP contribution in [0.25, 0.3) is 0 Å². The number of rotatable bonds is 4. The number of amides is 1. The smallest absolute Gasteiger partial charge is 0.407 e. The third-order valence-corrected chi connectivity index (χ3v) is 2.52. The van der Waals surface area contributed by atoms with Crippen LogP contribution in [-0.4, -0.2) is 29.4 Å². The Balaban J connectivity index is 2.33. The summed E-state index contributed by atoms with van der Waals surface area (Å²) in [4.78, 5) is 11.4. The van der Waals surface area contributed by atoms with Gasteiger partial charge in [0.25, 0.3) is 0 Å². The van der Waals surface area contributed by atoms with Crippen LogP contribution in [0.5, 0.6) is 0 Å². The van der Waals surface area contributed by atoms with Crippen molar-refractivity contribution in [3.63, 3.8) is 0 Å². The van der Waals surface area contributed by atoms with Crippen molar-refractivity contribution < 1.29 is 14.6 Å². The Kier molecular flexibility index (Phi) is 5.63. The maximum atomic E-state index is 11.4. The van der Waals surface area contributed by atoms with Crippen molar-refractivity contribution in [2.45, 2.75) is 38.9 Å². The summed E-state index contributed by atoms with van der Waals surface area (Å²) >= 11 is 5.78. The zero-order valence-electron chi connectivity index (χ0n) is 11.4. The third kappa shape index (κ3) is 7.03. The van der Waals surface area contributed by atoms with E-state index in [1.165, 1.54) is 0 Å². The molecule has 1 aromatic rings. The summed E-state index contributed by atoms with van der Waals surface area (Å²) in [6.07, 6.45) is -0.733. The van der Waals surface area contributed by atoms with Gasteiger partial charge in [-0.1, -0.05) is 23.7 Å². The van der Waals surface area contributed by atoms with E-state index < -0.39 is 17.8 Å². The van der Waals surface area contributed by atoms with Gasteiger partial charge in [-0.05, 0) is 38.5 Å². The molecule has 1 rings (SSSR count). The van der Waals surface area contributed by atoms with Crippen molar-refractivity contribution in [3.8, 4) is 0 Å². The van der Waals surface area contributed by atoms with Crippen LogP contribution < -0.4 is 5.32 Å². The van der Waals surface area contributed by atoms with E-state index in [4.69, 9.17) is 16.3 Å². The highest BCUT2D eigenvalue weighted by Crippen LogP contribution is 2.11. The number of hydrogen-bond donors (Lipinski definition) is 2. The van der Waals surface area contributed by atoms with Gasteiger partial charge >= 0.3 is 6.09 Å². The quantitative estimate of drug-likeness (QED) is 0.894. The molecule has 0 aliphatic heterocycles. The van der Waals surface area contributed by atoms with Crippen molar-refractivity contribution in [2.75, 3.05) is 6.54 Å². The minimum atomic E-state index is -0.659. The molecular formula is C14H20ClNO3. The molecule has 0 aromatic heterocycles. The van der Waals surface area contributed by atoms with Gasteiger partial charge in [-0.2, -0.15) is 0 Å². The second kappa shape index (κ2) is 6.78. The molecule has 0 heterocycles. The molecule has 1 atom stereocenters. The first-order chi connectivity index (χ1) is 8.76. The summed E-state index contributed by atoms with van der Waals surface area (Å²) in [6, 6.07) is 7.23. The maximum Gasteiger partial charge on any atom is 0.407 e. The standard InChI is InChI=1S/C14H20ClNO3/c1-14(2,3)19-13(18)16-9-12(17)8-10-4-6-11(15)7-5-10/h4-7,12,17H,8-9H2,1-3H3,(H,16,18). The minimum absolute atomic E-state index is 0.150. The van der Waals surface area contributed by atoms with Gasteiger partial charge in [0.05, 0.1) is 6.10 Å². The summed E-state index contributed by atoms with van der Waals surface area (Å²) < 4.78 is 5.08. The van der Waals surface area contributed by atoms with Gasteiger partial charge in [0, 0.05) is 18.0 Å². The largest absolute Gasteiger partial charge is 0.444 e. The van der Waals surface area contributed by atoms with E-state index in [-0.39, 0.29) is 6.54 Å². The molecule has 0 bridgehead atoms. The summed E-state index contributed by atoms with van der Waals surface area (Å²) in [7, 11) is 0. The Labute approximate surface area is 118 Å². The number of aliphatic hydroxyl groups is 1. The molecular weight excluding hydrogens is 266 g/mol. The highest BCUT2D eigenvalue weighted by Gasteiger charge is 2.16. The molecule has 19 heavy (non-hydrogen) atoms. The van der Waals surface area contributed by atoms with E-state index in [0.29, 0.717) is 11.4 Å². The van der Waals surface area contributed by atoms with Gasteiger partial charge in [-0.3, -0.25) is 0 Å². The minimum Gasteiger partial charge on any atom is -0.444 e. The van der Waals surface area contributed by atoms with E-state index in [9.17, 15) is 9.90 Å². The highest BCUT2D eigenvalue weighted by molar-refractivity contribution is 6.30. The predicted molar refractivity (Wildman–Crippen MR) is 75.4 cm³/mol. The van der Waals surface area contributed by atoms with Crippen LogP contribution in [0, 0.1) is 0 Å². The van der Waals surface area contributed by atoms with E-state index in [0.717, 1.165) is 5.56 Å². The zero-order chi connectivity index (χ0) is 14.5. The van der Waals surface area contributed by atoms with Gasteiger partial charge in [0.1, 0.15) is 5.60 Å². The van der Waals surface area contributed by atoms with Crippen LogP contribution in [0.1, 0.15) is 26.3 Å². The Morgan fingerprint density at radius 3 is 2.47 bits per heavy atom. The molecule has 1 unspecified atom stereocenters. The number of benzene rings is 1. The van der Waals surface area contributed by atoms with Crippen LogP contribution in [0.2, 0.25) is 5.02 Å². The maximum absolute atomic E-state index is 11.4. The molecule has 2 N–H and O–H groups in total. The number of aliphatic hydroxyl groups excluding tert-OH is 1. The average molecular weight is 286 g/mol. The number of alkyl carbamates (subject to hydrolysis) is 1. The van der Waals surface area contributed by atoms with Crippen LogP contribution in [0.4, 0.5) is 4.79 Å². The van der Waals surface area contributed by atoms with E-state index >= 15 is 0 Å². The molecule has 0 aliphatic rings. The Morgan fingerprint density at radius 1 is 1.37 bits per heavy atom. The number of nitrogens with one attached hydrogen (secondary N) is 1. The lowest BCUT2D eigenvalue weighted by molar-refractivity contribution is 0.0492. The predicted octanol–water partition coefficient (Wildman–Crippen LogP) is 2.77. The Hall–Kier alpha value is -1.26. The van der Waals surface area contributed by atoms with E-state index in [1.54, 1.807) is 32.9 Å². The Morgan fingerprint density at radius 2 is 1.95 bits per heavy atom.